The van der Waals surface area contributed by atoms with Gasteiger partial charge in [-0.05, 0) is 114 Å². The summed E-state index contributed by atoms with van der Waals surface area (Å²) in [6, 6.07) is 65.8. The van der Waals surface area contributed by atoms with Crippen molar-refractivity contribution in [2.24, 2.45) is 11.0 Å². The first kappa shape index (κ1) is 41.8. The van der Waals surface area contributed by atoms with Crippen LogP contribution in [0.15, 0.2) is 199 Å². The number of fused-ring (bicyclic) bond motifs is 2. The van der Waals surface area contributed by atoms with E-state index in [1.807, 2.05) is 29.3 Å². The molecule has 66 heavy (non-hydrogen) atoms. The molecular weight excluding hydrogens is 817 g/mol. The first-order valence-electron chi connectivity index (χ1n) is 22.5. The van der Waals surface area contributed by atoms with Crippen LogP contribution in [0.1, 0.15) is 27.2 Å². The van der Waals surface area contributed by atoms with Crippen molar-refractivity contribution in [2.75, 3.05) is 32.2 Å². The van der Waals surface area contributed by atoms with Gasteiger partial charge in [-0.3, -0.25) is 26.0 Å². The van der Waals surface area contributed by atoms with E-state index in [9.17, 15) is 10.1 Å². The highest BCUT2D eigenvalue weighted by Crippen LogP contribution is 2.44. The number of non-ortho nitro benzene ring substituents is 1. The minimum Gasteiger partial charge on any atom is -0.311 e. The average molecular weight is 867 g/mol. The lowest BCUT2D eigenvalue weighted by atomic mass is 9.91. The second-order valence-corrected chi connectivity index (χ2v) is 17.0. The third-order valence-corrected chi connectivity index (χ3v) is 12.1. The number of benzene rings is 8. The summed E-state index contributed by atoms with van der Waals surface area (Å²) >= 11 is 0. The number of hydrogen-bond acceptors (Lipinski definition) is 9. The second-order valence-electron chi connectivity index (χ2n) is 17.0. The third-order valence-electron chi connectivity index (χ3n) is 12.1. The number of rotatable bonds is 13. The van der Waals surface area contributed by atoms with Gasteiger partial charge in [0, 0.05) is 69.1 Å². The first-order valence-corrected chi connectivity index (χ1v) is 22.5. The number of nitrogens with one attached hydrogen (secondary N) is 2. The Bertz CT molecular complexity index is 3020. The number of nitro benzene ring substituents is 1. The fourth-order valence-electron chi connectivity index (χ4n) is 9.05. The normalized spacial score (nSPS) is 14.0. The maximum absolute atomic E-state index is 11.7. The molecule has 2 heterocycles. The van der Waals surface area contributed by atoms with Crippen LogP contribution in [0, 0.1) is 16.0 Å². The molecule has 2 N–H and O–H groups in total. The van der Waals surface area contributed by atoms with Crippen LogP contribution in [0.4, 0.5) is 56.9 Å². The van der Waals surface area contributed by atoms with Gasteiger partial charge in [0.1, 0.15) is 5.36 Å². The molecule has 0 spiro atoms. The molecule has 10 heteroatoms. The summed E-state index contributed by atoms with van der Waals surface area (Å²) in [7, 11) is 0. The summed E-state index contributed by atoms with van der Waals surface area (Å²) in [4.78, 5) is 15.9. The van der Waals surface area contributed by atoms with Gasteiger partial charge in [-0.25, -0.2) is 0 Å². The maximum Gasteiger partial charge on any atom is 0.269 e. The van der Waals surface area contributed by atoms with E-state index in [4.69, 9.17) is 5.10 Å². The molecule has 8 aromatic rings. The van der Waals surface area contributed by atoms with E-state index in [2.05, 4.69) is 198 Å². The Morgan fingerprint density at radius 3 is 1.39 bits per heavy atom. The predicted octanol–water partition coefficient (Wildman–Crippen LogP) is 13.1. The van der Waals surface area contributed by atoms with E-state index in [-0.39, 0.29) is 16.7 Å². The molecule has 8 aromatic carbocycles. The molecule has 2 aliphatic rings. The molecular formula is C56H50N8O2. The van der Waals surface area contributed by atoms with Crippen molar-refractivity contribution in [3.05, 3.63) is 215 Å². The van der Waals surface area contributed by atoms with E-state index in [0.29, 0.717) is 5.92 Å². The van der Waals surface area contributed by atoms with Crippen LogP contribution >= 0.6 is 0 Å². The van der Waals surface area contributed by atoms with Crippen LogP contribution < -0.4 is 36.2 Å². The van der Waals surface area contributed by atoms with Crippen molar-refractivity contribution >= 4 is 62.9 Å². The Morgan fingerprint density at radius 2 is 0.985 bits per heavy atom. The zero-order valence-electron chi connectivity index (χ0n) is 37.1. The van der Waals surface area contributed by atoms with Crippen molar-refractivity contribution in [2.45, 2.75) is 33.2 Å². The lowest BCUT2D eigenvalue weighted by Gasteiger charge is -2.30. The summed E-state index contributed by atoms with van der Waals surface area (Å²) in [5.74, 6) is 0.363. The van der Waals surface area contributed by atoms with E-state index in [1.54, 1.807) is 24.3 Å². The SMILES string of the molecule is CCC1C=c2c(-c3ccc(N(c4ccccc4)c4ccccc4)cc3)c3c(c(-c4ccc(N(c5ccccc5)c5ccccc5)cc4)c2=NN1c1ccc([N+](=O)[O-])cc1)NN(CC(C)C)N3. The summed E-state index contributed by atoms with van der Waals surface area (Å²) in [6.45, 7) is 7.32. The molecule has 326 valence electrons. The molecule has 0 saturated heterocycles. The zero-order chi connectivity index (χ0) is 45.1. The maximum atomic E-state index is 11.7. The van der Waals surface area contributed by atoms with Gasteiger partial charge in [-0.1, -0.05) is 118 Å². The van der Waals surface area contributed by atoms with Gasteiger partial charge in [-0.15, -0.1) is 5.12 Å². The van der Waals surface area contributed by atoms with Gasteiger partial charge in [0.25, 0.3) is 5.69 Å². The molecule has 1 atom stereocenters. The monoisotopic (exact) mass is 866 g/mol. The Hall–Kier alpha value is -8.21. The molecule has 0 fully saturated rings. The quantitative estimate of drug-likeness (QED) is 0.0874. The highest BCUT2D eigenvalue weighted by atomic mass is 16.6. The van der Waals surface area contributed by atoms with Crippen molar-refractivity contribution < 1.29 is 4.92 Å². The number of nitro groups is 1. The molecule has 0 aromatic heterocycles. The zero-order valence-corrected chi connectivity index (χ0v) is 37.1. The third kappa shape index (κ3) is 8.10. The Kier molecular flexibility index (Phi) is 11.5. The Balaban J connectivity index is 1.18. The molecule has 10 nitrogen and oxygen atoms in total. The summed E-state index contributed by atoms with van der Waals surface area (Å²) in [6.07, 6.45) is 3.08. The van der Waals surface area contributed by atoms with Crippen LogP contribution in [0.2, 0.25) is 0 Å². The highest BCUT2D eigenvalue weighted by molar-refractivity contribution is 5.99. The standard InChI is InChI=1S/C56H50N8O2/c1-4-42-37-51-52(40-25-29-47(30-26-40)61(43-17-9-5-10-18-43)44-19-11-6-12-20-44)55-56(58-60(57-55)38-39(2)3)53(54(51)59-63(42)49-33-35-50(36-34-49)64(65)66)41-27-31-48(32-28-41)62(45-21-13-7-14-22-45)46-23-15-8-16-24-46/h5-37,39,42,57-58H,4,38H2,1-3H3. The van der Waals surface area contributed by atoms with Crippen LogP contribution in [-0.2, 0) is 0 Å². The molecule has 0 aliphatic carbocycles. The van der Waals surface area contributed by atoms with Gasteiger partial charge in [0.05, 0.1) is 28.0 Å². The van der Waals surface area contributed by atoms with Crippen LogP contribution in [0.3, 0.4) is 0 Å². The molecule has 10 rings (SSSR count). The van der Waals surface area contributed by atoms with Gasteiger partial charge < -0.3 is 9.80 Å². The molecule has 0 saturated carbocycles. The van der Waals surface area contributed by atoms with Crippen molar-refractivity contribution in [1.29, 1.82) is 0 Å². The fourth-order valence-corrected chi connectivity index (χ4v) is 9.05. The van der Waals surface area contributed by atoms with Crippen LogP contribution in [0.5, 0.6) is 0 Å². The molecule has 0 bridgehead atoms. The Morgan fingerprint density at radius 1 is 0.576 bits per heavy atom. The minimum absolute atomic E-state index is 0.0381. The second kappa shape index (κ2) is 18.1. The molecule has 1 unspecified atom stereocenters. The lowest BCUT2D eigenvalue weighted by molar-refractivity contribution is -0.384. The summed E-state index contributed by atoms with van der Waals surface area (Å²) < 4.78 is 0. The topological polar surface area (TPSA) is 92.5 Å². The number of para-hydroxylation sites is 4. The van der Waals surface area contributed by atoms with Crippen molar-refractivity contribution in [3.63, 3.8) is 0 Å². The van der Waals surface area contributed by atoms with Gasteiger partial charge in [0.2, 0.25) is 0 Å². The average Bonchev–Trinajstić information content (AvgIpc) is 3.77. The van der Waals surface area contributed by atoms with Crippen LogP contribution in [0.25, 0.3) is 28.3 Å². The van der Waals surface area contributed by atoms with E-state index < -0.39 is 0 Å². The molecule has 0 radical (unpaired) electrons. The number of hydrazine groups is 2. The van der Waals surface area contributed by atoms with Gasteiger partial charge in [0.15, 0.2) is 0 Å². The smallest absolute Gasteiger partial charge is 0.269 e. The highest BCUT2D eigenvalue weighted by Gasteiger charge is 2.32. The van der Waals surface area contributed by atoms with E-state index >= 15 is 0 Å². The lowest BCUT2D eigenvalue weighted by Crippen LogP contribution is -2.44. The summed E-state index contributed by atoms with van der Waals surface area (Å²) in [5, 5.41) is 23.2. The van der Waals surface area contributed by atoms with Gasteiger partial charge in [-0.2, -0.15) is 5.10 Å². The van der Waals surface area contributed by atoms with E-state index in [1.165, 1.54) is 0 Å². The minimum atomic E-state index is -0.365. The molecule has 0 amide bonds. The summed E-state index contributed by atoms with van der Waals surface area (Å²) in [5.41, 5.74) is 20.7. The Labute approximate surface area is 385 Å². The van der Waals surface area contributed by atoms with Crippen LogP contribution in [-0.4, -0.2) is 22.6 Å². The number of anilines is 9. The van der Waals surface area contributed by atoms with E-state index in [0.717, 1.165) is 97.0 Å². The molecule has 2 aliphatic heterocycles. The van der Waals surface area contributed by atoms with Crippen molar-refractivity contribution in [1.82, 2.24) is 5.12 Å². The number of nitrogens with zero attached hydrogens (tertiary/aromatic N) is 6. The number of hydrogen-bond donors (Lipinski definition) is 2. The first-order chi connectivity index (χ1) is 32.3. The van der Waals surface area contributed by atoms with Crippen molar-refractivity contribution in [3.8, 4) is 22.3 Å². The largest absolute Gasteiger partial charge is 0.311 e. The fraction of sp³-hybridized carbons (Fsp3) is 0.125. The van der Waals surface area contributed by atoms with Gasteiger partial charge >= 0.3 is 0 Å². The predicted molar refractivity (Wildman–Crippen MR) is 270 cm³/mol.